The summed E-state index contributed by atoms with van der Waals surface area (Å²) < 4.78 is 10.5. The molecule has 0 amide bonds. The summed E-state index contributed by atoms with van der Waals surface area (Å²) in [7, 11) is 0. The van der Waals surface area contributed by atoms with E-state index in [1.807, 2.05) is 0 Å². The summed E-state index contributed by atoms with van der Waals surface area (Å²) in [5.41, 5.74) is 4.99. The third-order valence-corrected chi connectivity index (χ3v) is 0.515. The lowest BCUT2D eigenvalue weighted by Gasteiger charge is -2.01. The van der Waals surface area contributed by atoms with Gasteiger partial charge in [0, 0.05) is 0 Å². The Morgan fingerprint density at radius 2 is 2.50 bits per heavy atom. The van der Waals surface area contributed by atoms with Gasteiger partial charge in [0.1, 0.15) is 7.63 Å². The van der Waals surface area contributed by atoms with Gasteiger partial charge in [0.2, 0.25) is 0 Å². The summed E-state index contributed by atoms with van der Waals surface area (Å²) in [6.45, 7) is 0.146. The molecule has 4 nitrogen and oxygen atoms in total. The maximum absolute atomic E-state index is 9.92. The Kier molecular flexibility index (Phi) is 2.79. The first-order valence-electron chi connectivity index (χ1n) is 2.51. The third-order valence-electron chi connectivity index (χ3n) is 0.515. The van der Waals surface area contributed by atoms with Gasteiger partial charge < -0.3 is 9.53 Å². The van der Waals surface area contributed by atoms with Gasteiger partial charge in [-0.15, -0.1) is 0 Å². The van der Waals surface area contributed by atoms with Gasteiger partial charge in [-0.05, 0) is 0 Å². The lowest BCUT2D eigenvalue weighted by Crippen LogP contribution is -2.23. The Labute approximate surface area is 48.0 Å². The molecule has 0 spiro atoms. The van der Waals surface area contributed by atoms with Crippen molar-refractivity contribution < 1.29 is 15.7 Å². The molecule has 0 aliphatic rings. The van der Waals surface area contributed by atoms with E-state index in [1.54, 1.807) is 0 Å². The van der Waals surface area contributed by atoms with Gasteiger partial charge in [-0.2, -0.15) is 0 Å². The van der Waals surface area contributed by atoms with Crippen LogP contribution in [0.4, 0.5) is 0 Å². The minimum absolute atomic E-state index is 0.146. The lowest BCUT2D eigenvalue weighted by atomic mass is 10.4. The molecule has 0 heterocycles. The summed E-state index contributed by atoms with van der Waals surface area (Å²) in [5.74, 6) is 0. The molecule has 0 fully saturated rings. The molecule has 0 aliphatic heterocycles. The minimum Gasteiger partial charge on any atom is -0.449 e. The van der Waals surface area contributed by atoms with Crippen molar-refractivity contribution in [3.63, 3.8) is 0 Å². The number of aldehydes is 1. The molecule has 0 aromatic heterocycles. The molecule has 0 aromatic carbocycles. The van der Waals surface area contributed by atoms with Gasteiger partial charge in [0.15, 0.2) is 6.23 Å². The zero-order valence-electron chi connectivity index (χ0n) is 5.16. The fourth-order valence-electron chi connectivity index (χ4n) is 0.202. The topological polar surface area (TPSA) is 69.4 Å². The molecule has 0 saturated heterocycles. The van der Waals surface area contributed by atoms with Crippen LogP contribution in [0.1, 0.15) is 7.79 Å². The van der Waals surface area contributed by atoms with Crippen LogP contribution in [0.15, 0.2) is 0 Å². The van der Waals surface area contributed by atoms with E-state index in [0.29, 0.717) is 0 Å². The van der Waals surface area contributed by atoms with Crippen LogP contribution in [0.25, 0.3) is 0 Å². The van der Waals surface area contributed by atoms with Crippen molar-refractivity contribution in [2.75, 3.05) is 0 Å². The highest BCUT2D eigenvalue weighted by Crippen LogP contribution is 1.81. The van der Waals surface area contributed by atoms with Gasteiger partial charge in [-0.1, -0.05) is 0 Å². The highest BCUT2D eigenvalue weighted by Gasteiger charge is 1.96. The normalized spacial score (nSPS) is 13.9. The number of ether oxygens (including phenoxy) is 1. The Balaban J connectivity index is 3.37. The average Bonchev–Trinajstić information content (AvgIpc) is 1.63. The molecule has 2 N–H and O–H groups in total. The molecule has 0 saturated carbocycles. The van der Waals surface area contributed by atoms with E-state index in [9.17, 15) is 9.59 Å². The van der Waals surface area contributed by atoms with Crippen molar-refractivity contribution in [1.82, 2.24) is 0 Å². The third kappa shape index (κ3) is 3.30. The first-order valence-corrected chi connectivity index (χ1v) is 2.01. The van der Waals surface area contributed by atoms with Gasteiger partial charge in [-0.3, -0.25) is 10.5 Å². The smallest absolute Gasteiger partial charge is 0.294 e. The summed E-state index contributed by atoms with van der Waals surface area (Å²) in [6, 6.07) is 0. The molecule has 0 aliphatic carbocycles. The number of rotatable bonds is 4. The van der Waals surface area contributed by atoms with E-state index in [0.717, 1.165) is 0 Å². The Morgan fingerprint density at radius 3 is 2.88 bits per heavy atom. The van der Waals surface area contributed by atoms with Crippen molar-refractivity contribution in [1.29, 1.82) is 0 Å². The van der Waals surface area contributed by atoms with Crippen molar-refractivity contribution in [2.24, 2.45) is 5.73 Å². The van der Waals surface area contributed by atoms with E-state index in [-0.39, 0.29) is 12.9 Å². The van der Waals surface area contributed by atoms with Crippen molar-refractivity contribution in [2.45, 2.75) is 12.6 Å². The molecule has 0 aromatic rings. The number of carbonyl (C=O) groups excluding carboxylic acids is 2. The summed E-state index contributed by atoms with van der Waals surface area (Å²) >= 11 is 0. The number of carbonyl (C=O) groups is 2. The quantitative estimate of drug-likeness (QED) is 0.381. The van der Waals surface area contributed by atoms with Crippen LogP contribution in [-0.2, 0) is 14.3 Å². The predicted octanol–water partition coefficient (Wildman–Crippen LogP) is -0.967. The highest BCUT2D eigenvalue weighted by molar-refractivity contribution is 5.50. The maximum atomic E-state index is 9.92. The van der Waals surface area contributed by atoms with Crippen LogP contribution in [0.2, 0.25) is 0 Å². The minimum atomic E-state index is -0.965. The number of nitrogens with two attached hydrogens (primary N) is 1. The number of hydrogen-bond donors (Lipinski definition) is 1. The Morgan fingerprint density at radius 1 is 1.88 bits per heavy atom. The largest absolute Gasteiger partial charge is 0.449 e. The second-order valence-corrected chi connectivity index (χ2v) is 1.12. The van der Waals surface area contributed by atoms with Gasteiger partial charge >= 0.3 is 0 Å². The van der Waals surface area contributed by atoms with E-state index in [1.165, 1.54) is 0 Å². The number of hydrogen-bond acceptors (Lipinski definition) is 4. The SMILES string of the molecule is [2H]C(=O)CC(N)OC=O. The van der Waals surface area contributed by atoms with Crippen molar-refractivity contribution >= 4 is 12.7 Å². The molecule has 0 bridgehead atoms. The Bertz CT molecular complexity index is 116. The van der Waals surface area contributed by atoms with Crippen LogP contribution < -0.4 is 5.73 Å². The molecule has 1 unspecified atom stereocenters. The van der Waals surface area contributed by atoms with E-state index >= 15 is 0 Å². The molecule has 8 heavy (non-hydrogen) atoms. The fourth-order valence-corrected chi connectivity index (χ4v) is 0.202. The van der Waals surface area contributed by atoms with Gasteiger partial charge in [0.05, 0.1) is 6.42 Å². The first-order chi connectivity index (χ1) is 4.16. The highest BCUT2D eigenvalue weighted by atomic mass is 16.5. The molecule has 1 atom stereocenters. The van der Waals surface area contributed by atoms with E-state index < -0.39 is 12.5 Å². The molecule has 0 radical (unpaired) electrons. The molecule has 0 rings (SSSR count). The maximum Gasteiger partial charge on any atom is 0.294 e. The van der Waals surface area contributed by atoms with Crippen LogP contribution in [-0.4, -0.2) is 19.0 Å². The van der Waals surface area contributed by atoms with E-state index in [2.05, 4.69) is 4.74 Å². The standard InChI is InChI=1S/C4H7NO3/c5-4(1-2-6)8-3-7/h2-4H,1,5H2/i2D. The fraction of sp³-hybridized carbons (Fsp3) is 0.500. The van der Waals surface area contributed by atoms with Crippen LogP contribution in [0.5, 0.6) is 0 Å². The molecular formula is C4H7NO3. The second kappa shape index (κ2) is 4.26. The zero-order valence-corrected chi connectivity index (χ0v) is 4.16. The monoisotopic (exact) mass is 118 g/mol. The molecule has 4 heteroatoms. The van der Waals surface area contributed by atoms with Crippen LogP contribution in [0, 0.1) is 0 Å². The first kappa shape index (κ1) is 5.24. The van der Waals surface area contributed by atoms with Gasteiger partial charge in [0.25, 0.3) is 6.47 Å². The van der Waals surface area contributed by atoms with Crippen molar-refractivity contribution in [3.05, 3.63) is 0 Å². The summed E-state index contributed by atoms with van der Waals surface area (Å²) in [6.07, 6.45) is -2.06. The second-order valence-electron chi connectivity index (χ2n) is 1.12. The summed E-state index contributed by atoms with van der Waals surface area (Å²) in [5, 5.41) is 0. The van der Waals surface area contributed by atoms with Crippen molar-refractivity contribution in [3.8, 4) is 0 Å². The zero-order chi connectivity index (χ0) is 7.28. The van der Waals surface area contributed by atoms with Crippen LogP contribution in [0.3, 0.4) is 0 Å². The summed E-state index contributed by atoms with van der Waals surface area (Å²) in [4.78, 5) is 19.4. The Hall–Kier alpha value is -0.900. The van der Waals surface area contributed by atoms with E-state index in [4.69, 9.17) is 7.10 Å². The average molecular weight is 118 g/mol. The lowest BCUT2D eigenvalue weighted by molar-refractivity contribution is -0.134. The predicted molar refractivity (Wildman–Crippen MR) is 25.8 cm³/mol. The molecule has 46 valence electrons. The van der Waals surface area contributed by atoms with Gasteiger partial charge in [-0.25, -0.2) is 0 Å². The molecular weight excluding hydrogens is 110 g/mol. The van der Waals surface area contributed by atoms with Crippen LogP contribution >= 0.6 is 0 Å².